The van der Waals surface area contributed by atoms with Crippen LogP contribution in [0.1, 0.15) is 56.6 Å². The molecular weight excluding hydrogens is 495 g/mol. The molecule has 2 fully saturated rings. The molecule has 2 aromatic rings. The van der Waals surface area contributed by atoms with Crippen molar-refractivity contribution in [1.29, 1.82) is 0 Å². The second-order valence-corrected chi connectivity index (χ2v) is 11.3. The average Bonchev–Trinajstić information content (AvgIpc) is 2.80. The van der Waals surface area contributed by atoms with Crippen LogP contribution >= 0.6 is 15.9 Å². The standard InChI is InChI=1S/C24H28BrFN2O3S/c25-19-8-14-22(15-9-19)32(30,31)27-21-12-6-18(7-13-21)24(29)28-16-2-1-3-23(28)17-4-10-20(26)11-5-17/h4-5,8-11,14-15,18,21,23,27H,1-3,6-7,12-13,16H2/t18-,21-,23?. The smallest absolute Gasteiger partial charge is 0.240 e. The molecule has 1 saturated heterocycles. The van der Waals surface area contributed by atoms with Crippen LogP contribution in [0.15, 0.2) is 57.9 Å². The van der Waals surface area contributed by atoms with Crippen LogP contribution in [0.3, 0.4) is 0 Å². The fourth-order valence-corrected chi connectivity index (χ4v) is 6.39. The number of carbonyl (C=O) groups is 1. The van der Waals surface area contributed by atoms with Gasteiger partial charge in [-0.25, -0.2) is 17.5 Å². The Bertz CT molecular complexity index is 1040. The topological polar surface area (TPSA) is 66.5 Å². The van der Waals surface area contributed by atoms with Crippen LogP contribution in [0, 0.1) is 11.7 Å². The Kier molecular flexibility index (Phi) is 7.32. The molecular formula is C24H28BrFN2O3S. The Labute approximate surface area is 197 Å². The SMILES string of the molecule is O=C([C@H]1CC[C@H](NS(=O)(=O)c2ccc(Br)cc2)CC1)N1CCCCC1c1ccc(F)cc1. The second-order valence-electron chi connectivity index (χ2n) is 8.72. The molecule has 1 N–H and O–H groups in total. The first kappa shape index (κ1) is 23.4. The van der Waals surface area contributed by atoms with E-state index in [0.717, 1.165) is 35.8 Å². The highest BCUT2D eigenvalue weighted by atomic mass is 79.9. The molecule has 32 heavy (non-hydrogen) atoms. The van der Waals surface area contributed by atoms with E-state index >= 15 is 0 Å². The van der Waals surface area contributed by atoms with Crippen LogP contribution in [-0.4, -0.2) is 31.8 Å². The summed E-state index contributed by atoms with van der Waals surface area (Å²) in [6.45, 7) is 0.719. The molecule has 1 heterocycles. The number of piperidine rings is 1. The molecule has 4 rings (SSSR count). The summed E-state index contributed by atoms with van der Waals surface area (Å²) in [7, 11) is -3.58. The van der Waals surface area contributed by atoms with E-state index in [4.69, 9.17) is 0 Å². The van der Waals surface area contributed by atoms with Crippen molar-refractivity contribution >= 4 is 31.9 Å². The molecule has 1 unspecified atom stereocenters. The number of benzene rings is 2. The highest BCUT2D eigenvalue weighted by molar-refractivity contribution is 9.10. The van der Waals surface area contributed by atoms with Gasteiger partial charge in [-0.1, -0.05) is 28.1 Å². The summed E-state index contributed by atoms with van der Waals surface area (Å²) in [6, 6.07) is 12.9. The highest BCUT2D eigenvalue weighted by Gasteiger charge is 2.35. The quantitative estimate of drug-likeness (QED) is 0.588. The fourth-order valence-electron chi connectivity index (χ4n) is 4.82. The van der Waals surface area contributed by atoms with E-state index in [0.29, 0.717) is 25.7 Å². The van der Waals surface area contributed by atoms with Gasteiger partial charge in [0.1, 0.15) is 5.82 Å². The number of nitrogens with one attached hydrogen (secondary N) is 1. The highest BCUT2D eigenvalue weighted by Crippen LogP contribution is 2.35. The third-order valence-corrected chi connectivity index (χ3v) is 8.63. The molecule has 0 bridgehead atoms. The Hall–Kier alpha value is -1.77. The normalized spacial score (nSPS) is 24.3. The molecule has 1 atom stereocenters. The van der Waals surface area contributed by atoms with E-state index in [2.05, 4.69) is 20.7 Å². The summed E-state index contributed by atoms with van der Waals surface area (Å²) in [6.07, 6.45) is 5.53. The summed E-state index contributed by atoms with van der Waals surface area (Å²) < 4.78 is 42.3. The van der Waals surface area contributed by atoms with Gasteiger partial charge in [-0.2, -0.15) is 0 Å². The van der Waals surface area contributed by atoms with Crippen molar-refractivity contribution in [3.8, 4) is 0 Å². The molecule has 5 nitrogen and oxygen atoms in total. The van der Waals surface area contributed by atoms with E-state index in [1.165, 1.54) is 12.1 Å². The third-order valence-electron chi connectivity index (χ3n) is 6.56. The number of rotatable bonds is 5. The van der Waals surface area contributed by atoms with Gasteiger partial charge in [0.2, 0.25) is 15.9 Å². The number of hydrogen-bond donors (Lipinski definition) is 1. The summed E-state index contributed by atoms with van der Waals surface area (Å²) in [4.78, 5) is 15.6. The van der Waals surface area contributed by atoms with E-state index in [-0.39, 0.29) is 34.6 Å². The predicted molar refractivity (Wildman–Crippen MR) is 125 cm³/mol. The molecule has 8 heteroatoms. The zero-order chi connectivity index (χ0) is 22.7. The van der Waals surface area contributed by atoms with Gasteiger partial charge >= 0.3 is 0 Å². The monoisotopic (exact) mass is 522 g/mol. The molecule has 0 spiro atoms. The van der Waals surface area contributed by atoms with Crippen molar-refractivity contribution in [3.05, 3.63) is 64.4 Å². The number of hydrogen-bond acceptors (Lipinski definition) is 3. The molecule has 1 aliphatic heterocycles. The first-order chi connectivity index (χ1) is 15.3. The van der Waals surface area contributed by atoms with Crippen molar-refractivity contribution in [2.45, 2.75) is 61.9 Å². The molecule has 2 aromatic carbocycles. The number of sulfonamides is 1. The van der Waals surface area contributed by atoms with Crippen LogP contribution < -0.4 is 4.72 Å². The zero-order valence-electron chi connectivity index (χ0n) is 17.8. The Morgan fingerprint density at radius 3 is 2.25 bits per heavy atom. The molecule has 1 amide bonds. The molecule has 1 aliphatic carbocycles. The average molecular weight is 523 g/mol. The summed E-state index contributed by atoms with van der Waals surface area (Å²) in [5.74, 6) is -0.218. The van der Waals surface area contributed by atoms with E-state index in [1.807, 2.05) is 4.90 Å². The van der Waals surface area contributed by atoms with Crippen LogP contribution in [0.4, 0.5) is 4.39 Å². The summed E-state index contributed by atoms with van der Waals surface area (Å²) in [5, 5.41) is 0. The van der Waals surface area contributed by atoms with Gasteiger partial charge in [0.25, 0.3) is 0 Å². The van der Waals surface area contributed by atoms with Gasteiger partial charge < -0.3 is 4.90 Å². The lowest BCUT2D eigenvalue weighted by molar-refractivity contribution is -0.140. The maximum Gasteiger partial charge on any atom is 0.240 e. The summed E-state index contributed by atoms with van der Waals surface area (Å²) in [5.41, 5.74) is 0.982. The van der Waals surface area contributed by atoms with Gasteiger partial charge in [-0.3, -0.25) is 4.79 Å². The molecule has 1 saturated carbocycles. The van der Waals surface area contributed by atoms with Crippen molar-refractivity contribution in [3.63, 3.8) is 0 Å². The minimum atomic E-state index is -3.58. The fraction of sp³-hybridized carbons (Fsp3) is 0.458. The summed E-state index contributed by atoms with van der Waals surface area (Å²) >= 11 is 3.32. The van der Waals surface area contributed by atoms with Crippen molar-refractivity contribution in [2.75, 3.05) is 6.54 Å². The Balaban J connectivity index is 1.37. The molecule has 0 radical (unpaired) electrons. The van der Waals surface area contributed by atoms with Crippen molar-refractivity contribution in [2.24, 2.45) is 5.92 Å². The number of carbonyl (C=O) groups excluding carboxylic acids is 1. The van der Waals surface area contributed by atoms with Crippen LogP contribution in [0.5, 0.6) is 0 Å². The van der Waals surface area contributed by atoms with Gasteiger partial charge in [-0.05, 0) is 86.9 Å². The Morgan fingerprint density at radius 1 is 0.938 bits per heavy atom. The number of likely N-dealkylation sites (tertiary alicyclic amines) is 1. The minimum absolute atomic E-state index is 0.00881. The van der Waals surface area contributed by atoms with Gasteiger partial charge in [0.05, 0.1) is 10.9 Å². The first-order valence-corrected chi connectivity index (χ1v) is 13.4. The lowest BCUT2D eigenvalue weighted by atomic mass is 9.84. The zero-order valence-corrected chi connectivity index (χ0v) is 20.2. The minimum Gasteiger partial charge on any atom is -0.335 e. The van der Waals surface area contributed by atoms with Crippen molar-refractivity contribution in [1.82, 2.24) is 9.62 Å². The lowest BCUT2D eigenvalue weighted by Crippen LogP contribution is -2.45. The Morgan fingerprint density at radius 2 is 1.59 bits per heavy atom. The number of halogens is 2. The lowest BCUT2D eigenvalue weighted by Gasteiger charge is -2.39. The maximum absolute atomic E-state index is 13.4. The van der Waals surface area contributed by atoms with Crippen LogP contribution in [0.25, 0.3) is 0 Å². The first-order valence-electron chi connectivity index (χ1n) is 11.2. The van der Waals surface area contributed by atoms with Crippen molar-refractivity contribution < 1.29 is 17.6 Å². The van der Waals surface area contributed by atoms with Gasteiger partial charge in [-0.15, -0.1) is 0 Å². The molecule has 172 valence electrons. The van der Waals surface area contributed by atoms with E-state index < -0.39 is 10.0 Å². The predicted octanol–water partition coefficient (Wildman–Crippen LogP) is 5.18. The van der Waals surface area contributed by atoms with E-state index in [9.17, 15) is 17.6 Å². The second kappa shape index (κ2) is 10.0. The third kappa shape index (κ3) is 5.41. The number of amides is 1. The largest absolute Gasteiger partial charge is 0.335 e. The van der Waals surface area contributed by atoms with Crippen LogP contribution in [-0.2, 0) is 14.8 Å². The van der Waals surface area contributed by atoms with E-state index in [1.54, 1.807) is 36.4 Å². The molecule has 2 aliphatic rings. The van der Waals surface area contributed by atoms with Gasteiger partial charge in [0.15, 0.2) is 0 Å². The van der Waals surface area contributed by atoms with Crippen LogP contribution in [0.2, 0.25) is 0 Å². The molecule has 0 aromatic heterocycles. The number of nitrogens with zero attached hydrogens (tertiary/aromatic N) is 1. The van der Waals surface area contributed by atoms with Gasteiger partial charge in [0, 0.05) is 23.0 Å². The maximum atomic E-state index is 13.4.